The number of hydrogen-bond donors (Lipinski definition) is 4. The van der Waals surface area contributed by atoms with Crippen LogP contribution in [0.1, 0.15) is 77.1 Å². The molecule has 2 fully saturated rings. The lowest BCUT2D eigenvalue weighted by Crippen LogP contribution is -2.51. The van der Waals surface area contributed by atoms with Gasteiger partial charge >= 0.3 is 12.2 Å². The largest absolute Gasteiger partial charge is 0.455 e. The molecule has 318 valence electrons. The van der Waals surface area contributed by atoms with E-state index in [-0.39, 0.29) is 41.2 Å². The number of amides is 4. The van der Waals surface area contributed by atoms with Gasteiger partial charge in [0.05, 0.1) is 60.9 Å². The minimum absolute atomic E-state index is 0.136. The van der Waals surface area contributed by atoms with Crippen molar-refractivity contribution in [3.8, 4) is 22.5 Å². The fourth-order valence-electron chi connectivity index (χ4n) is 8.67. The lowest BCUT2D eigenvalue weighted by atomic mass is 10.0. The summed E-state index contributed by atoms with van der Waals surface area (Å²) in [6.07, 6.45) is 5.22. The van der Waals surface area contributed by atoms with Crippen LogP contribution in [-0.2, 0) is 19.1 Å². The fraction of sp³-hybridized carbons (Fsp3) is 0.400. The van der Waals surface area contributed by atoms with Crippen LogP contribution in [0.4, 0.5) is 9.59 Å². The van der Waals surface area contributed by atoms with Crippen molar-refractivity contribution in [3.63, 3.8) is 0 Å². The van der Waals surface area contributed by atoms with Crippen molar-refractivity contribution in [2.24, 2.45) is 11.8 Å². The predicted molar refractivity (Wildman–Crippen MR) is 228 cm³/mol. The second kappa shape index (κ2) is 16.7. The van der Waals surface area contributed by atoms with Crippen molar-refractivity contribution in [2.45, 2.75) is 77.5 Å². The maximum absolute atomic E-state index is 14.1. The Hall–Kier alpha value is -6.71. The van der Waals surface area contributed by atoms with E-state index in [1.54, 1.807) is 40.4 Å². The average molecular weight is 831 g/mol. The van der Waals surface area contributed by atoms with E-state index in [4.69, 9.17) is 13.9 Å². The number of carbonyl (C=O) groups excluding carboxylic acids is 4. The van der Waals surface area contributed by atoms with Gasteiger partial charge in [-0.3, -0.25) is 14.4 Å². The third-order valence-electron chi connectivity index (χ3n) is 12.0. The molecular formula is C45H50N8O8. The molecule has 2 aliphatic heterocycles. The number of alkyl carbamates (subject to hydrolysis) is 2. The highest BCUT2D eigenvalue weighted by Crippen LogP contribution is 2.36. The summed E-state index contributed by atoms with van der Waals surface area (Å²) in [5.74, 6) is 0.651. The molecule has 61 heavy (non-hydrogen) atoms. The molecule has 0 saturated carbocycles. The van der Waals surface area contributed by atoms with Crippen LogP contribution >= 0.6 is 0 Å². The lowest BCUT2D eigenvalue weighted by molar-refractivity contribution is -0.136. The number of rotatable bonds is 10. The number of imidazole rings is 2. The van der Waals surface area contributed by atoms with E-state index in [2.05, 4.69) is 30.6 Å². The van der Waals surface area contributed by atoms with Gasteiger partial charge in [0.25, 0.3) is 0 Å². The zero-order chi connectivity index (χ0) is 43.1. The third kappa shape index (κ3) is 7.77. The van der Waals surface area contributed by atoms with Gasteiger partial charge in [-0.1, -0.05) is 39.8 Å². The van der Waals surface area contributed by atoms with Gasteiger partial charge in [0, 0.05) is 29.6 Å². The molecule has 2 saturated heterocycles. The van der Waals surface area contributed by atoms with Crippen molar-refractivity contribution < 1.29 is 33.1 Å². The van der Waals surface area contributed by atoms with E-state index in [9.17, 15) is 24.0 Å². The van der Waals surface area contributed by atoms with E-state index in [1.807, 2.05) is 58.0 Å². The molecule has 5 heterocycles. The topological polar surface area (TPSA) is 205 Å². The number of nitrogens with zero attached hydrogens (tertiary/aromatic N) is 4. The molecule has 6 aromatic rings. The molecule has 0 unspecified atom stereocenters. The molecular weight excluding hydrogens is 781 g/mol. The van der Waals surface area contributed by atoms with Crippen LogP contribution in [0.5, 0.6) is 0 Å². The molecule has 16 heteroatoms. The maximum atomic E-state index is 14.1. The van der Waals surface area contributed by atoms with Crippen LogP contribution in [0, 0.1) is 11.8 Å². The molecule has 0 spiro atoms. The van der Waals surface area contributed by atoms with Crippen LogP contribution in [0.2, 0.25) is 0 Å². The summed E-state index contributed by atoms with van der Waals surface area (Å²) in [6.45, 7) is 8.62. The Morgan fingerprint density at radius 3 is 1.74 bits per heavy atom. The monoisotopic (exact) mass is 830 g/mol. The second-order valence-corrected chi connectivity index (χ2v) is 16.5. The van der Waals surface area contributed by atoms with Gasteiger partial charge in [0.2, 0.25) is 17.2 Å². The van der Waals surface area contributed by atoms with Crippen molar-refractivity contribution in [2.75, 3.05) is 27.3 Å². The third-order valence-corrected chi connectivity index (χ3v) is 12.0. The summed E-state index contributed by atoms with van der Waals surface area (Å²) >= 11 is 0. The second-order valence-electron chi connectivity index (χ2n) is 16.5. The minimum atomic E-state index is -0.739. The molecule has 4 N–H and O–H groups in total. The van der Waals surface area contributed by atoms with Crippen molar-refractivity contribution in [1.82, 2.24) is 40.4 Å². The van der Waals surface area contributed by atoms with E-state index >= 15 is 0 Å². The number of nitrogens with one attached hydrogen (secondary N) is 4. The smallest absolute Gasteiger partial charge is 0.407 e. The van der Waals surface area contributed by atoms with Gasteiger partial charge in [-0.25, -0.2) is 19.6 Å². The highest BCUT2D eigenvalue weighted by Gasteiger charge is 2.39. The van der Waals surface area contributed by atoms with Crippen LogP contribution in [-0.4, -0.2) is 93.1 Å². The molecule has 4 atom stereocenters. The first-order valence-electron chi connectivity index (χ1n) is 20.7. The van der Waals surface area contributed by atoms with Gasteiger partial charge in [-0.15, -0.1) is 0 Å². The molecule has 3 aromatic carbocycles. The van der Waals surface area contributed by atoms with Gasteiger partial charge in [0.15, 0.2) is 0 Å². The predicted octanol–water partition coefficient (Wildman–Crippen LogP) is 6.97. The molecule has 0 aliphatic carbocycles. The SMILES string of the molecule is COC(=O)N[C@H](C(=O)N1CCC[C@H]1c1ncc(-c2ccc3c(ccc4c(=O)c5cc(-c6cnc([C@@H]7CCCN7C(=O)[C@@H](NC(=O)OC)C(C)C)[nH]6)ccc5oc43)c2)[nH]1)C(C)C. The van der Waals surface area contributed by atoms with E-state index < -0.39 is 24.3 Å². The summed E-state index contributed by atoms with van der Waals surface area (Å²) < 4.78 is 16.0. The number of likely N-dealkylation sites (tertiary alicyclic amines) is 2. The molecule has 4 amide bonds. The van der Waals surface area contributed by atoms with Gasteiger partial charge in [0.1, 0.15) is 34.9 Å². The summed E-state index contributed by atoms with van der Waals surface area (Å²) in [5.41, 5.74) is 3.86. The number of methoxy groups -OCH3 is 2. The van der Waals surface area contributed by atoms with Gasteiger partial charge < -0.3 is 44.3 Å². The number of ether oxygens (including phenoxy) is 2. The van der Waals surface area contributed by atoms with Crippen LogP contribution in [0.3, 0.4) is 0 Å². The molecule has 0 radical (unpaired) electrons. The molecule has 16 nitrogen and oxygen atoms in total. The minimum Gasteiger partial charge on any atom is -0.455 e. The first-order chi connectivity index (χ1) is 29.4. The average Bonchev–Trinajstić information content (AvgIpc) is 4.11. The molecule has 0 bridgehead atoms. The van der Waals surface area contributed by atoms with Crippen LogP contribution < -0.4 is 16.1 Å². The van der Waals surface area contributed by atoms with Crippen LogP contribution in [0.25, 0.3) is 55.2 Å². The Balaban J connectivity index is 1.03. The standard InChI is InChI=1S/C45H50N8O8/c1-23(2)36(50-44(57)59-5)42(55)52-17-7-9-33(52)40-46-21-31(48-40)26-12-14-28-25(19-26)11-15-29-38(54)30-20-27(13-16-35(30)61-39(28)29)32-22-47-41(49-32)34-10-8-18-53(34)43(56)37(24(3)4)51-45(58)60-6/h11-16,19-24,33-34,36-37H,7-10,17-18H2,1-6H3,(H,46,48)(H,47,49)(H,50,57)(H,51,58)/t33-,34-,36-,37-/m0/s1. The Kier molecular flexibility index (Phi) is 11.3. The number of benzene rings is 3. The van der Waals surface area contributed by atoms with E-state index in [0.717, 1.165) is 46.9 Å². The zero-order valence-electron chi connectivity index (χ0n) is 35.0. The Morgan fingerprint density at radius 1 is 0.705 bits per heavy atom. The highest BCUT2D eigenvalue weighted by molar-refractivity contribution is 6.07. The van der Waals surface area contributed by atoms with Crippen molar-refractivity contribution in [1.29, 1.82) is 0 Å². The number of H-pyrrole nitrogens is 2. The van der Waals surface area contributed by atoms with Crippen molar-refractivity contribution in [3.05, 3.63) is 82.8 Å². The van der Waals surface area contributed by atoms with Gasteiger partial charge in [-0.05, 0) is 79.3 Å². The number of hydrogen-bond acceptors (Lipinski definition) is 10. The summed E-state index contributed by atoms with van der Waals surface area (Å²) in [4.78, 5) is 85.1. The highest BCUT2D eigenvalue weighted by atomic mass is 16.5. The molecule has 3 aromatic heterocycles. The molecule has 2 aliphatic rings. The Bertz CT molecular complexity index is 2720. The maximum Gasteiger partial charge on any atom is 0.407 e. The fourth-order valence-corrected chi connectivity index (χ4v) is 8.67. The Labute approximate surface area is 351 Å². The summed E-state index contributed by atoms with van der Waals surface area (Å²) in [5, 5.41) is 7.89. The number of aromatic amines is 2. The lowest BCUT2D eigenvalue weighted by Gasteiger charge is -2.30. The number of aromatic nitrogens is 4. The summed E-state index contributed by atoms with van der Waals surface area (Å²) in [7, 11) is 2.55. The first kappa shape index (κ1) is 41.0. The normalized spacial score (nSPS) is 17.7. The zero-order valence-corrected chi connectivity index (χ0v) is 35.0. The van der Waals surface area contributed by atoms with E-state index in [1.165, 1.54) is 14.2 Å². The van der Waals surface area contributed by atoms with Crippen molar-refractivity contribution >= 4 is 56.7 Å². The first-order valence-corrected chi connectivity index (χ1v) is 20.7. The van der Waals surface area contributed by atoms with Crippen LogP contribution in [0.15, 0.2) is 70.1 Å². The number of carbonyl (C=O) groups is 4. The molecule has 8 rings (SSSR count). The number of fused-ring (bicyclic) bond motifs is 4. The summed E-state index contributed by atoms with van der Waals surface area (Å²) in [6, 6.07) is 13.0. The Morgan fingerprint density at radius 2 is 1.21 bits per heavy atom. The van der Waals surface area contributed by atoms with E-state index in [0.29, 0.717) is 58.8 Å². The quantitative estimate of drug-likeness (QED) is 0.0825. The van der Waals surface area contributed by atoms with Gasteiger partial charge in [-0.2, -0.15) is 0 Å².